The van der Waals surface area contributed by atoms with Crippen molar-refractivity contribution < 1.29 is 8.94 Å². The lowest BCUT2D eigenvalue weighted by molar-refractivity contribution is 0.417. The molecule has 0 amide bonds. The average molecular weight is 233 g/mol. The Bertz CT molecular complexity index is 499. The Morgan fingerprint density at radius 3 is 3.12 bits per heavy atom. The van der Waals surface area contributed by atoms with Gasteiger partial charge in [0.25, 0.3) is 5.89 Å². The van der Waals surface area contributed by atoms with Crippen molar-refractivity contribution in [3.05, 3.63) is 23.9 Å². The van der Waals surface area contributed by atoms with Crippen LogP contribution in [0.1, 0.15) is 31.4 Å². The van der Waals surface area contributed by atoms with Gasteiger partial charge in [0.1, 0.15) is 5.76 Å². The van der Waals surface area contributed by atoms with Crippen LogP contribution in [0.25, 0.3) is 11.5 Å². The molecule has 2 aromatic heterocycles. The maximum atomic E-state index is 5.34. The summed E-state index contributed by atoms with van der Waals surface area (Å²) in [6.07, 6.45) is 4.99. The molecule has 2 aromatic rings. The van der Waals surface area contributed by atoms with E-state index < -0.39 is 0 Å². The minimum absolute atomic E-state index is 0.545. The molecule has 0 bridgehead atoms. The second-order valence-electron chi connectivity index (χ2n) is 4.28. The molecule has 1 N–H and O–H groups in total. The molecule has 3 rings (SSSR count). The van der Waals surface area contributed by atoms with E-state index in [0.717, 1.165) is 17.7 Å². The summed E-state index contributed by atoms with van der Waals surface area (Å²) in [5, 5.41) is 7.31. The van der Waals surface area contributed by atoms with Crippen LogP contribution in [0.3, 0.4) is 0 Å². The van der Waals surface area contributed by atoms with Crippen LogP contribution in [0.15, 0.2) is 21.3 Å². The summed E-state index contributed by atoms with van der Waals surface area (Å²) in [6.45, 7) is 2.71. The fourth-order valence-corrected chi connectivity index (χ4v) is 1.76. The molecule has 17 heavy (non-hydrogen) atoms. The summed E-state index contributed by atoms with van der Waals surface area (Å²) in [5.74, 6) is 2.13. The number of aromatic nitrogens is 2. The molecule has 1 fully saturated rings. The van der Waals surface area contributed by atoms with Gasteiger partial charge >= 0.3 is 0 Å². The van der Waals surface area contributed by atoms with Gasteiger partial charge in [-0.15, -0.1) is 0 Å². The quantitative estimate of drug-likeness (QED) is 0.857. The van der Waals surface area contributed by atoms with Gasteiger partial charge in [0, 0.05) is 12.5 Å². The van der Waals surface area contributed by atoms with E-state index in [1.54, 1.807) is 6.26 Å². The smallest absolute Gasteiger partial charge is 0.261 e. The van der Waals surface area contributed by atoms with Crippen molar-refractivity contribution in [2.75, 3.05) is 0 Å². The Morgan fingerprint density at radius 2 is 2.35 bits per heavy atom. The SMILES string of the molecule is CCc1occc1-c1nc(CNC2CC2)no1. The standard InChI is InChI=1S/C12H15N3O2/c1-2-10-9(5-6-16-10)12-14-11(15-17-12)7-13-8-3-4-8/h5-6,8,13H,2-4,7H2,1H3. The molecule has 1 aliphatic carbocycles. The molecule has 5 nitrogen and oxygen atoms in total. The number of hydrogen-bond donors (Lipinski definition) is 1. The van der Waals surface area contributed by atoms with Crippen LogP contribution < -0.4 is 5.32 Å². The zero-order chi connectivity index (χ0) is 11.7. The second-order valence-corrected chi connectivity index (χ2v) is 4.28. The molecule has 1 saturated carbocycles. The lowest BCUT2D eigenvalue weighted by atomic mass is 10.2. The lowest BCUT2D eigenvalue weighted by Gasteiger charge is -1.95. The molecular weight excluding hydrogens is 218 g/mol. The van der Waals surface area contributed by atoms with Crippen molar-refractivity contribution in [1.82, 2.24) is 15.5 Å². The van der Waals surface area contributed by atoms with Crippen LogP contribution in [0.4, 0.5) is 0 Å². The summed E-state index contributed by atoms with van der Waals surface area (Å²) in [7, 11) is 0. The highest BCUT2D eigenvalue weighted by Crippen LogP contribution is 2.24. The highest BCUT2D eigenvalue weighted by atomic mass is 16.5. The minimum Gasteiger partial charge on any atom is -0.469 e. The zero-order valence-corrected chi connectivity index (χ0v) is 9.77. The zero-order valence-electron chi connectivity index (χ0n) is 9.77. The van der Waals surface area contributed by atoms with Crippen molar-refractivity contribution in [1.29, 1.82) is 0 Å². The van der Waals surface area contributed by atoms with Crippen molar-refractivity contribution in [2.45, 2.75) is 38.8 Å². The largest absolute Gasteiger partial charge is 0.469 e. The first-order valence-corrected chi connectivity index (χ1v) is 5.99. The van der Waals surface area contributed by atoms with E-state index in [1.807, 2.05) is 13.0 Å². The van der Waals surface area contributed by atoms with E-state index in [0.29, 0.717) is 24.3 Å². The summed E-state index contributed by atoms with van der Waals surface area (Å²) >= 11 is 0. The van der Waals surface area contributed by atoms with Crippen LogP contribution in [0, 0.1) is 0 Å². The topological polar surface area (TPSA) is 64.1 Å². The summed E-state index contributed by atoms with van der Waals surface area (Å²) in [4.78, 5) is 4.36. The van der Waals surface area contributed by atoms with E-state index >= 15 is 0 Å². The van der Waals surface area contributed by atoms with Crippen LogP contribution in [-0.2, 0) is 13.0 Å². The van der Waals surface area contributed by atoms with Gasteiger partial charge in [-0.05, 0) is 18.9 Å². The third kappa shape index (κ3) is 2.24. The molecular formula is C12H15N3O2. The van der Waals surface area contributed by atoms with Crippen LogP contribution in [0.5, 0.6) is 0 Å². The van der Waals surface area contributed by atoms with Gasteiger partial charge in [-0.1, -0.05) is 12.1 Å². The number of rotatable bonds is 5. The van der Waals surface area contributed by atoms with Crippen molar-refractivity contribution in [3.8, 4) is 11.5 Å². The third-order valence-electron chi connectivity index (χ3n) is 2.89. The van der Waals surface area contributed by atoms with Crippen LogP contribution >= 0.6 is 0 Å². The first-order valence-electron chi connectivity index (χ1n) is 5.99. The van der Waals surface area contributed by atoms with Gasteiger partial charge in [0.05, 0.1) is 18.4 Å². The Kier molecular flexibility index (Phi) is 2.68. The highest BCUT2D eigenvalue weighted by Gasteiger charge is 2.21. The highest BCUT2D eigenvalue weighted by molar-refractivity contribution is 5.55. The fraction of sp³-hybridized carbons (Fsp3) is 0.500. The molecule has 2 heterocycles. The third-order valence-corrected chi connectivity index (χ3v) is 2.89. The monoisotopic (exact) mass is 233 g/mol. The molecule has 0 unspecified atom stereocenters. The second kappa shape index (κ2) is 4.33. The number of nitrogens with one attached hydrogen (secondary N) is 1. The molecule has 1 aliphatic rings. The molecule has 0 spiro atoms. The van der Waals surface area contributed by atoms with Gasteiger partial charge in [-0.2, -0.15) is 4.98 Å². The Labute approximate surface area is 99.2 Å². The van der Waals surface area contributed by atoms with E-state index in [4.69, 9.17) is 8.94 Å². The molecule has 0 aliphatic heterocycles. The number of hydrogen-bond acceptors (Lipinski definition) is 5. The maximum Gasteiger partial charge on any atom is 0.261 e. The molecule has 5 heteroatoms. The van der Waals surface area contributed by atoms with Gasteiger partial charge in [-0.3, -0.25) is 0 Å². The van der Waals surface area contributed by atoms with Crippen molar-refractivity contribution >= 4 is 0 Å². The predicted molar refractivity (Wildman–Crippen MR) is 61.2 cm³/mol. The minimum atomic E-state index is 0.545. The van der Waals surface area contributed by atoms with Crippen molar-refractivity contribution in [3.63, 3.8) is 0 Å². The van der Waals surface area contributed by atoms with Crippen LogP contribution in [-0.4, -0.2) is 16.2 Å². The number of nitrogens with zero attached hydrogens (tertiary/aromatic N) is 2. The molecule has 0 radical (unpaired) electrons. The van der Waals surface area contributed by atoms with Crippen LogP contribution in [0.2, 0.25) is 0 Å². The first kappa shape index (κ1) is 10.5. The summed E-state index contributed by atoms with van der Waals surface area (Å²) < 4.78 is 10.6. The van der Waals surface area contributed by atoms with Gasteiger partial charge in [0.2, 0.25) is 0 Å². The first-order chi connectivity index (χ1) is 8.36. The molecule has 90 valence electrons. The average Bonchev–Trinajstić information content (AvgIpc) is 2.89. The molecule has 0 aromatic carbocycles. The lowest BCUT2D eigenvalue weighted by Crippen LogP contribution is -2.16. The summed E-state index contributed by atoms with van der Waals surface area (Å²) in [6, 6.07) is 2.52. The Hall–Kier alpha value is -1.62. The van der Waals surface area contributed by atoms with Gasteiger partial charge in [-0.25, -0.2) is 0 Å². The Balaban J connectivity index is 1.74. The molecule has 0 saturated heterocycles. The summed E-state index contributed by atoms with van der Waals surface area (Å²) in [5.41, 5.74) is 0.901. The number of aryl methyl sites for hydroxylation is 1. The van der Waals surface area contributed by atoms with E-state index in [2.05, 4.69) is 15.5 Å². The van der Waals surface area contributed by atoms with Crippen molar-refractivity contribution in [2.24, 2.45) is 0 Å². The fourth-order valence-electron chi connectivity index (χ4n) is 1.76. The maximum absolute atomic E-state index is 5.34. The van der Waals surface area contributed by atoms with Gasteiger partial charge < -0.3 is 14.3 Å². The Morgan fingerprint density at radius 1 is 1.47 bits per heavy atom. The van der Waals surface area contributed by atoms with E-state index in [-0.39, 0.29) is 0 Å². The van der Waals surface area contributed by atoms with Gasteiger partial charge in [0.15, 0.2) is 5.82 Å². The number of furan rings is 1. The molecule has 0 atom stereocenters. The van der Waals surface area contributed by atoms with E-state index in [9.17, 15) is 0 Å². The van der Waals surface area contributed by atoms with E-state index in [1.165, 1.54) is 12.8 Å². The predicted octanol–water partition coefficient (Wildman–Crippen LogP) is 2.14. The normalized spacial score (nSPS) is 15.4.